The van der Waals surface area contributed by atoms with Crippen LogP contribution >= 0.6 is 0 Å². The highest BCUT2D eigenvalue weighted by atomic mass is 16.7. The summed E-state index contributed by atoms with van der Waals surface area (Å²) in [5.74, 6) is 0.550. The van der Waals surface area contributed by atoms with Crippen molar-refractivity contribution in [2.45, 2.75) is 13.2 Å². The maximum Gasteiger partial charge on any atom is 0.223 e. The predicted octanol–water partition coefficient (Wildman–Crippen LogP) is 0.749. The van der Waals surface area contributed by atoms with Crippen molar-refractivity contribution in [3.05, 3.63) is 11.8 Å². The molecule has 0 fully saturated rings. The van der Waals surface area contributed by atoms with Crippen molar-refractivity contribution >= 4 is 5.95 Å². The quantitative estimate of drug-likeness (QED) is 0.727. The Labute approximate surface area is 88.4 Å². The topological polar surface area (TPSA) is 79.5 Å². The summed E-state index contributed by atoms with van der Waals surface area (Å²) in [6.45, 7) is 2.38. The monoisotopic (exact) mass is 213 g/mol. The van der Waals surface area contributed by atoms with Gasteiger partial charge in [-0.2, -0.15) is 4.98 Å². The molecule has 0 aliphatic carbocycles. The number of hydrogen-bond acceptors (Lipinski definition) is 6. The number of nitrogens with two attached hydrogens (primary N) is 1. The average molecular weight is 213 g/mol. The van der Waals surface area contributed by atoms with Gasteiger partial charge in [-0.05, 0) is 6.92 Å². The van der Waals surface area contributed by atoms with Crippen LogP contribution in [0.4, 0.5) is 5.95 Å². The lowest BCUT2D eigenvalue weighted by Crippen LogP contribution is -2.10. The Morgan fingerprint density at radius 2 is 2.00 bits per heavy atom. The summed E-state index contributed by atoms with van der Waals surface area (Å²) in [5.41, 5.74) is 6.06. The van der Waals surface area contributed by atoms with Gasteiger partial charge in [0.1, 0.15) is 5.69 Å². The van der Waals surface area contributed by atoms with Gasteiger partial charge < -0.3 is 19.9 Å². The zero-order valence-corrected chi connectivity index (χ0v) is 9.06. The number of methoxy groups -OCH3 is 2. The Morgan fingerprint density at radius 1 is 1.33 bits per heavy atom. The van der Waals surface area contributed by atoms with Crippen molar-refractivity contribution in [1.82, 2.24) is 9.97 Å². The summed E-state index contributed by atoms with van der Waals surface area (Å²) in [7, 11) is 3.04. The van der Waals surface area contributed by atoms with Gasteiger partial charge in [0.05, 0.1) is 6.61 Å². The van der Waals surface area contributed by atoms with E-state index in [1.807, 2.05) is 6.92 Å². The predicted molar refractivity (Wildman–Crippen MR) is 54.4 cm³/mol. The molecule has 84 valence electrons. The number of nitrogen functional groups attached to an aromatic ring is 1. The highest BCUT2D eigenvalue weighted by Gasteiger charge is 2.13. The molecule has 6 heteroatoms. The van der Waals surface area contributed by atoms with Crippen molar-refractivity contribution < 1.29 is 14.2 Å². The van der Waals surface area contributed by atoms with Crippen molar-refractivity contribution in [2.75, 3.05) is 26.6 Å². The molecule has 0 aliphatic heterocycles. The van der Waals surface area contributed by atoms with Crippen molar-refractivity contribution in [1.29, 1.82) is 0 Å². The number of anilines is 1. The minimum atomic E-state index is -0.561. The highest BCUT2D eigenvalue weighted by Crippen LogP contribution is 2.19. The first-order valence-electron chi connectivity index (χ1n) is 4.54. The van der Waals surface area contributed by atoms with Gasteiger partial charge >= 0.3 is 0 Å². The van der Waals surface area contributed by atoms with Crippen LogP contribution in [0.2, 0.25) is 0 Å². The van der Waals surface area contributed by atoms with Gasteiger partial charge in [-0.1, -0.05) is 0 Å². The van der Waals surface area contributed by atoms with Gasteiger partial charge in [-0.25, -0.2) is 4.98 Å². The summed E-state index contributed by atoms with van der Waals surface area (Å²) in [4.78, 5) is 7.90. The van der Waals surface area contributed by atoms with Crippen molar-refractivity contribution in [3.63, 3.8) is 0 Å². The molecule has 0 unspecified atom stereocenters. The molecule has 0 spiro atoms. The average Bonchev–Trinajstić information content (AvgIpc) is 2.19. The van der Waals surface area contributed by atoms with E-state index in [2.05, 4.69) is 9.97 Å². The standard InChI is InChI=1S/C9H15N3O3/c1-4-15-7-5-6(8(13-2)14-3)11-9(10)12-7/h5,8H,4H2,1-3H3,(H2,10,11,12). The van der Waals surface area contributed by atoms with E-state index < -0.39 is 6.29 Å². The zero-order valence-electron chi connectivity index (χ0n) is 9.06. The molecular weight excluding hydrogens is 198 g/mol. The van der Waals surface area contributed by atoms with Crippen LogP contribution in [0.5, 0.6) is 5.88 Å². The van der Waals surface area contributed by atoms with Gasteiger partial charge in [-0.15, -0.1) is 0 Å². The van der Waals surface area contributed by atoms with E-state index in [1.165, 1.54) is 14.2 Å². The molecule has 15 heavy (non-hydrogen) atoms. The molecule has 2 N–H and O–H groups in total. The Balaban J connectivity index is 2.96. The first-order valence-corrected chi connectivity index (χ1v) is 4.54. The lowest BCUT2D eigenvalue weighted by molar-refractivity contribution is -0.108. The molecule has 0 saturated carbocycles. The first-order chi connectivity index (χ1) is 7.21. The summed E-state index contributed by atoms with van der Waals surface area (Å²) >= 11 is 0. The van der Waals surface area contributed by atoms with Gasteiger partial charge in [0.25, 0.3) is 0 Å². The zero-order chi connectivity index (χ0) is 11.3. The van der Waals surface area contributed by atoms with Crippen LogP contribution in [0.15, 0.2) is 6.07 Å². The molecule has 0 bridgehead atoms. The lowest BCUT2D eigenvalue weighted by Gasteiger charge is -2.13. The highest BCUT2D eigenvalue weighted by molar-refractivity contribution is 5.26. The summed E-state index contributed by atoms with van der Waals surface area (Å²) < 4.78 is 15.3. The number of ether oxygens (including phenoxy) is 3. The van der Waals surface area contributed by atoms with E-state index in [9.17, 15) is 0 Å². The smallest absolute Gasteiger partial charge is 0.223 e. The molecule has 0 atom stereocenters. The fraction of sp³-hybridized carbons (Fsp3) is 0.556. The van der Waals surface area contributed by atoms with Crippen LogP contribution in [0.25, 0.3) is 0 Å². The summed E-state index contributed by atoms with van der Waals surface area (Å²) in [6.07, 6.45) is -0.561. The number of nitrogens with zero attached hydrogens (tertiary/aromatic N) is 2. The lowest BCUT2D eigenvalue weighted by atomic mass is 10.4. The molecule has 0 aromatic carbocycles. The van der Waals surface area contributed by atoms with Crippen LogP contribution in [0.1, 0.15) is 18.9 Å². The minimum absolute atomic E-state index is 0.134. The number of aromatic nitrogens is 2. The second kappa shape index (κ2) is 5.47. The normalized spacial score (nSPS) is 10.7. The molecule has 1 rings (SSSR count). The maximum absolute atomic E-state index is 5.52. The molecule has 0 saturated heterocycles. The summed E-state index contributed by atoms with van der Waals surface area (Å²) in [6, 6.07) is 1.64. The minimum Gasteiger partial charge on any atom is -0.478 e. The SMILES string of the molecule is CCOc1cc(C(OC)OC)nc(N)n1. The third kappa shape index (κ3) is 3.03. The molecule has 0 amide bonds. The van der Waals surface area contributed by atoms with Gasteiger partial charge in [-0.3, -0.25) is 0 Å². The van der Waals surface area contributed by atoms with Crippen LogP contribution in [-0.2, 0) is 9.47 Å². The fourth-order valence-electron chi connectivity index (χ4n) is 1.14. The van der Waals surface area contributed by atoms with Crippen molar-refractivity contribution in [2.24, 2.45) is 0 Å². The molecule has 0 aliphatic rings. The number of hydrogen-bond donors (Lipinski definition) is 1. The van der Waals surface area contributed by atoms with E-state index in [0.717, 1.165) is 0 Å². The first kappa shape index (κ1) is 11.7. The Hall–Kier alpha value is -1.40. The maximum atomic E-state index is 5.52. The van der Waals surface area contributed by atoms with Crippen LogP contribution in [0, 0.1) is 0 Å². The Morgan fingerprint density at radius 3 is 2.53 bits per heavy atom. The molecular formula is C9H15N3O3. The van der Waals surface area contributed by atoms with Crippen molar-refractivity contribution in [3.8, 4) is 5.88 Å². The Bertz CT molecular complexity index is 315. The van der Waals surface area contributed by atoms with Gasteiger partial charge in [0.15, 0.2) is 0 Å². The van der Waals surface area contributed by atoms with Crippen LogP contribution in [-0.4, -0.2) is 30.8 Å². The second-order valence-electron chi connectivity index (χ2n) is 2.73. The van der Waals surface area contributed by atoms with E-state index in [4.69, 9.17) is 19.9 Å². The van der Waals surface area contributed by atoms with E-state index in [1.54, 1.807) is 6.07 Å². The molecule has 6 nitrogen and oxygen atoms in total. The number of rotatable bonds is 5. The van der Waals surface area contributed by atoms with Gasteiger partial charge in [0, 0.05) is 20.3 Å². The molecule has 1 aromatic heterocycles. The van der Waals surface area contributed by atoms with Crippen LogP contribution < -0.4 is 10.5 Å². The van der Waals surface area contributed by atoms with Crippen LogP contribution in [0.3, 0.4) is 0 Å². The fourth-order valence-corrected chi connectivity index (χ4v) is 1.14. The van der Waals surface area contributed by atoms with E-state index in [0.29, 0.717) is 18.2 Å². The second-order valence-corrected chi connectivity index (χ2v) is 2.73. The summed E-state index contributed by atoms with van der Waals surface area (Å²) in [5, 5.41) is 0. The van der Waals surface area contributed by atoms with Gasteiger partial charge in [0.2, 0.25) is 18.1 Å². The molecule has 1 aromatic rings. The largest absolute Gasteiger partial charge is 0.478 e. The van der Waals surface area contributed by atoms with E-state index in [-0.39, 0.29) is 5.95 Å². The van der Waals surface area contributed by atoms with E-state index >= 15 is 0 Å². The molecule has 1 heterocycles. The third-order valence-electron chi connectivity index (χ3n) is 1.70. The third-order valence-corrected chi connectivity index (χ3v) is 1.70. The Kier molecular flexibility index (Phi) is 4.26. The molecule has 0 radical (unpaired) electrons.